The van der Waals surface area contributed by atoms with Crippen LogP contribution in [0.3, 0.4) is 0 Å². The Bertz CT molecular complexity index is 350. The van der Waals surface area contributed by atoms with Gasteiger partial charge in [-0.15, -0.1) is 0 Å². The van der Waals surface area contributed by atoms with Gasteiger partial charge in [0.15, 0.2) is 0 Å². The Morgan fingerprint density at radius 3 is 2.50 bits per heavy atom. The summed E-state index contributed by atoms with van der Waals surface area (Å²) in [5.74, 6) is 0.181. The van der Waals surface area contributed by atoms with E-state index in [9.17, 15) is 9.59 Å². The van der Waals surface area contributed by atoms with E-state index in [1.54, 1.807) is 19.0 Å². The van der Waals surface area contributed by atoms with Crippen molar-refractivity contribution in [3.05, 3.63) is 0 Å². The molecule has 2 atom stereocenters. The van der Waals surface area contributed by atoms with Gasteiger partial charge in [0.25, 0.3) is 0 Å². The minimum atomic E-state index is -0.613. The molecule has 5 nitrogen and oxygen atoms in total. The predicted octanol–water partition coefficient (Wildman–Crippen LogP) is 0.241. The van der Waals surface area contributed by atoms with Crippen LogP contribution >= 0.6 is 0 Å². The summed E-state index contributed by atoms with van der Waals surface area (Å²) in [6.45, 7) is 0. The number of nitrogens with two attached hydrogens (primary N) is 1. The molecule has 2 rings (SSSR count). The highest BCUT2D eigenvalue weighted by Crippen LogP contribution is 2.33. The summed E-state index contributed by atoms with van der Waals surface area (Å²) in [7, 11) is 3.56. The van der Waals surface area contributed by atoms with Gasteiger partial charge in [0.1, 0.15) is 0 Å². The fourth-order valence-electron chi connectivity index (χ4n) is 2.60. The number of nitrogens with one attached hydrogen (secondary N) is 1. The van der Waals surface area contributed by atoms with Crippen molar-refractivity contribution in [3.63, 3.8) is 0 Å². The van der Waals surface area contributed by atoms with Crippen LogP contribution in [0, 0.1) is 5.92 Å². The number of hydrogen-bond donors (Lipinski definition) is 2. The van der Waals surface area contributed by atoms with E-state index in [0.29, 0.717) is 0 Å². The quantitative estimate of drug-likeness (QED) is 0.756. The zero-order valence-electron chi connectivity index (χ0n) is 11.2. The van der Waals surface area contributed by atoms with Crippen LogP contribution < -0.4 is 11.1 Å². The number of carbonyl (C=O) groups excluding carboxylic acids is 2. The summed E-state index contributed by atoms with van der Waals surface area (Å²) in [6, 6.07) is 0.112. The van der Waals surface area contributed by atoms with Crippen LogP contribution in [-0.4, -0.2) is 42.4 Å². The summed E-state index contributed by atoms with van der Waals surface area (Å²) >= 11 is 0. The lowest BCUT2D eigenvalue weighted by molar-refractivity contribution is -0.135. The molecule has 5 heteroatoms. The van der Waals surface area contributed by atoms with E-state index in [4.69, 9.17) is 5.73 Å². The number of amides is 2. The van der Waals surface area contributed by atoms with Gasteiger partial charge < -0.3 is 16.0 Å². The largest absolute Gasteiger partial charge is 0.352 e. The first-order valence-electron chi connectivity index (χ1n) is 6.73. The molecule has 0 bridgehead atoms. The summed E-state index contributed by atoms with van der Waals surface area (Å²) in [5.41, 5.74) is 5.25. The molecule has 0 aliphatic heterocycles. The molecular formula is C13H23N3O2. The lowest BCUT2D eigenvalue weighted by atomic mass is 9.84. The van der Waals surface area contributed by atoms with Crippen LogP contribution in [0.1, 0.15) is 38.5 Å². The fraction of sp³-hybridized carbons (Fsp3) is 0.846. The van der Waals surface area contributed by atoms with Crippen LogP contribution in [0.4, 0.5) is 0 Å². The molecule has 0 radical (unpaired) electrons. The molecule has 3 N–H and O–H groups in total. The molecule has 2 fully saturated rings. The number of carbonyl (C=O) groups is 2. The lowest BCUT2D eigenvalue weighted by Gasteiger charge is -2.31. The number of rotatable bonds is 3. The topological polar surface area (TPSA) is 75.4 Å². The van der Waals surface area contributed by atoms with Crippen molar-refractivity contribution >= 4 is 11.8 Å². The van der Waals surface area contributed by atoms with Gasteiger partial charge >= 0.3 is 0 Å². The summed E-state index contributed by atoms with van der Waals surface area (Å²) in [4.78, 5) is 25.4. The van der Waals surface area contributed by atoms with Crippen molar-refractivity contribution < 1.29 is 9.59 Å². The minimum absolute atomic E-state index is 0.0366. The molecule has 18 heavy (non-hydrogen) atoms. The van der Waals surface area contributed by atoms with E-state index in [0.717, 1.165) is 38.5 Å². The third-order valence-corrected chi connectivity index (χ3v) is 4.04. The maximum absolute atomic E-state index is 11.9. The van der Waals surface area contributed by atoms with Crippen molar-refractivity contribution in [3.8, 4) is 0 Å². The molecule has 2 unspecified atom stereocenters. The molecule has 0 saturated heterocycles. The summed E-state index contributed by atoms with van der Waals surface area (Å²) in [5, 5.41) is 3.01. The zero-order chi connectivity index (χ0) is 13.3. The van der Waals surface area contributed by atoms with Crippen molar-refractivity contribution in [2.24, 2.45) is 11.7 Å². The molecule has 2 aliphatic rings. The molecule has 0 spiro atoms. The number of nitrogens with zero attached hydrogens (tertiary/aromatic N) is 1. The van der Waals surface area contributed by atoms with Gasteiger partial charge in [0.05, 0.1) is 5.54 Å². The first-order chi connectivity index (χ1) is 8.42. The first kappa shape index (κ1) is 13.3. The SMILES string of the molecule is CN(C)C(=O)C1CCCC(NC(=O)C2(N)CC2)C1. The van der Waals surface area contributed by atoms with Crippen LogP contribution in [0.15, 0.2) is 0 Å². The normalized spacial score (nSPS) is 29.5. The minimum Gasteiger partial charge on any atom is -0.352 e. The Balaban J connectivity index is 1.87. The molecule has 0 aromatic rings. The van der Waals surface area contributed by atoms with Gasteiger partial charge in [-0.1, -0.05) is 6.42 Å². The fourth-order valence-corrected chi connectivity index (χ4v) is 2.60. The predicted molar refractivity (Wildman–Crippen MR) is 68.7 cm³/mol. The second-order valence-electron chi connectivity index (χ2n) is 5.92. The van der Waals surface area contributed by atoms with E-state index in [1.807, 2.05) is 0 Å². The van der Waals surface area contributed by atoms with Gasteiger partial charge in [0.2, 0.25) is 11.8 Å². The maximum atomic E-state index is 11.9. The van der Waals surface area contributed by atoms with Crippen molar-refractivity contribution in [2.45, 2.75) is 50.1 Å². The highest BCUT2D eigenvalue weighted by molar-refractivity contribution is 5.89. The highest BCUT2D eigenvalue weighted by atomic mass is 16.2. The highest BCUT2D eigenvalue weighted by Gasteiger charge is 2.46. The van der Waals surface area contributed by atoms with Crippen molar-refractivity contribution in [2.75, 3.05) is 14.1 Å². The van der Waals surface area contributed by atoms with Gasteiger partial charge in [0, 0.05) is 26.1 Å². The summed E-state index contributed by atoms with van der Waals surface area (Å²) in [6.07, 6.45) is 5.19. The molecule has 2 amide bonds. The second kappa shape index (κ2) is 4.88. The first-order valence-corrected chi connectivity index (χ1v) is 6.73. The van der Waals surface area contributed by atoms with Crippen LogP contribution in [0.2, 0.25) is 0 Å². The monoisotopic (exact) mass is 253 g/mol. The Labute approximate surface area is 108 Å². The van der Waals surface area contributed by atoms with E-state index in [1.165, 1.54) is 0 Å². The average molecular weight is 253 g/mol. The van der Waals surface area contributed by atoms with E-state index < -0.39 is 5.54 Å². The van der Waals surface area contributed by atoms with E-state index >= 15 is 0 Å². The Hall–Kier alpha value is -1.10. The van der Waals surface area contributed by atoms with Gasteiger partial charge in [-0.2, -0.15) is 0 Å². The second-order valence-corrected chi connectivity index (χ2v) is 5.92. The van der Waals surface area contributed by atoms with Crippen molar-refractivity contribution in [1.82, 2.24) is 10.2 Å². The van der Waals surface area contributed by atoms with Gasteiger partial charge in [-0.05, 0) is 32.1 Å². The molecule has 0 aromatic carbocycles. The van der Waals surface area contributed by atoms with Crippen LogP contribution in [0.5, 0.6) is 0 Å². The lowest BCUT2D eigenvalue weighted by Crippen LogP contribution is -2.49. The van der Waals surface area contributed by atoms with Crippen LogP contribution in [0.25, 0.3) is 0 Å². The standard InChI is InChI=1S/C13H23N3O2/c1-16(2)11(17)9-4-3-5-10(8-9)15-12(18)13(14)6-7-13/h9-10H,3-8,14H2,1-2H3,(H,15,18). The van der Waals surface area contributed by atoms with Gasteiger partial charge in [-0.3, -0.25) is 9.59 Å². The summed E-state index contributed by atoms with van der Waals surface area (Å²) < 4.78 is 0. The smallest absolute Gasteiger partial charge is 0.240 e. The Kier molecular flexibility index (Phi) is 3.61. The zero-order valence-corrected chi connectivity index (χ0v) is 11.2. The average Bonchev–Trinajstić information content (AvgIpc) is 3.08. The molecule has 2 aliphatic carbocycles. The van der Waals surface area contributed by atoms with Gasteiger partial charge in [-0.25, -0.2) is 0 Å². The number of hydrogen-bond acceptors (Lipinski definition) is 3. The third kappa shape index (κ3) is 2.83. The van der Waals surface area contributed by atoms with E-state index in [2.05, 4.69) is 5.32 Å². The molecule has 2 saturated carbocycles. The van der Waals surface area contributed by atoms with E-state index in [-0.39, 0.29) is 23.8 Å². The Morgan fingerprint density at radius 2 is 1.94 bits per heavy atom. The third-order valence-electron chi connectivity index (χ3n) is 4.04. The Morgan fingerprint density at radius 1 is 1.28 bits per heavy atom. The molecule has 102 valence electrons. The van der Waals surface area contributed by atoms with Crippen molar-refractivity contribution in [1.29, 1.82) is 0 Å². The molecular weight excluding hydrogens is 230 g/mol. The van der Waals surface area contributed by atoms with Crippen LogP contribution in [-0.2, 0) is 9.59 Å². The molecule has 0 heterocycles. The maximum Gasteiger partial charge on any atom is 0.240 e. The molecule has 0 aromatic heterocycles.